The summed E-state index contributed by atoms with van der Waals surface area (Å²) in [6.07, 6.45) is 5.06. The fourth-order valence-electron chi connectivity index (χ4n) is 2.06. The topological polar surface area (TPSA) is 72.7 Å². The zero-order chi connectivity index (χ0) is 14.1. The van der Waals surface area contributed by atoms with Crippen LogP contribution in [0.2, 0.25) is 5.02 Å². The molecular formula is C13H11ClN4O2. The molecular weight excluding hydrogens is 280 g/mol. The number of hydrogen-bond acceptors (Lipinski definition) is 3. The number of halogens is 1. The van der Waals surface area contributed by atoms with Crippen LogP contribution in [0.1, 0.15) is 0 Å². The number of aryl methyl sites for hydroxylation is 1. The summed E-state index contributed by atoms with van der Waals surface area (Å²) in [4.78, 5) is 30.8. The number of fused-ring (bicyclic) bond motifs is 1. The molecule has 0 atom stereocenters. The Hall–Kier alpha value is -2.34. The molecule has 102 valence electrons. The summed E-state index contributed by atoms with van der Waals surface area (Å²) in [6.45, 7) is 0.783. The van der Waals surface area contributed by atoms with Crippen LogP contribution in [-0.2, 0) is 13.1 Å². The molecule has 1 N–H and O–H groups in total. The Morgan fingerprint density at radius 2 is 2.10 bits per heavy atom. The molecule has 0 saturated carbocycles. The van der Waals surface area contributed by atoms with Crippen molar-refractivity contribution in [1.29, 1.82) is 0 Å². The smallest absolute Gasteiger partial charge is 0.328 e. The average molecular weight is 291 g/mol. The molecule has 0 fully saturated rings. The number of nitrogens with zero attached hydrogens (tertiary/aromatic N) is 3. The molecule has 0 amide bonds. The molecule has 0 bridgehead atoms. The molecule has 0 radical (unpaired) electrons. The van der Waals surface area contributed by atoms with Crippen molar-refractivity contribution in [3.8, 4) is 0 Å². The average Bonchev–Trinajstić information content (AvgIpc) is 2.91. The largest absolute Gasteiger partial charge is 0.336 e. The quantitative estimate of drug-likeness (QED) is 0.789. The summed E-state index contributed by atoms with van der Waals surface area (Å²) < 4.78 is 2.98. The minimum absolute atomic E-state index is 0.281. The van der Waals surface area contributed by atoms with Gasteiger partial charge < -0.3 is 9.55 Å². The van der Waals surface area contributed by atoms with Crippen molar-refractivity contribution in [1.82, 2.24) is 19.1 Å². The summed E-state index contributed by atoms with van der Waals surface area (Å²) in [6, 6.07) is 4.81. The number of aromatic nitrogens is 4. The molecule has 0 saturated heterocycles. The van der Waals surface area contributed by atoms with Crippen molar-refractivity contribution in [2.24, 2.45) is 0 Å². The van der Waals surface area contributed by atoms with Gasteiger partial charge in [0.05, 0.1) is 17.2 Å². The van der Waals surface area contributed by atoms with E-state index in [1.807, 2.05) is 0 Å². The van der Waals surface area contributed by atoms with E-state index in [1.54, 1.807) is 41.5 Å². The number of H-pyrrole nitrogens is 1. The van der Waals surface area contributed by atoms with E-state index < -0.39 is 5.69 Å². The second-order valence-electron chi connectivity index (χ2n) is 4.38. The van der Waals surface area contributed by atoms with Gasteiger partial charge in [-0.1, -0.05) is 11.6 Å². The van der Waals surface area contributed by atoms with Gasteiger partial charge in [0.1, 0.15) is 0 Å². The van der Waals surface area contributed by atoms with Crippen molar-refractivity contribution in [3.05, 3.63) is 62.8 Å². The highest BCUT2D eigenvalue weighted by Crippen LogP contribution is 2.13. The van der Waals surface area contributed by atoms with Crippen LogP contribution in [0.4, 0.5) is 0 Å². The molecule has 0 unspecified atom stereocenters. The Kier molecular flexibility index (Phi) is 3.15. The van der Waals surface area contributed by atoms with Gasteiger partial charge in [0.2, 0.25) is 0 Å². The van der Waals surface area contributed by atoms with Crippen LogP contribution in [0.3, 0.4) is 0 Å². The van der Waals surface area contributed by atoms with E-state index in [0.717, 1.165) is 0 Å². The highest BCUT2D eigenvalue weighted by molar-refractivity contribution is 6.31. The molecule has 2 heterocycles. The number of benzene rings is 1. The van der Waals surface area contributed by atoms with Crippen LogP contribution in [-0.4, -0.2) is 19.1 Å². The van der Waals surface area contributed by atoms with Gasteiger partial charge in [-0.2, -0.15) is 0 Å². The van der Waals surface area contributed by atoms with Gasteiger partial charge in [0.15, 0.2) is 0 Å². The summed E-state index contributed by atoms with van der Waals surface area (Å²) in [5, 5.41) is 0.920. The SMILES string of the molecule is O=c1[nH]c2cc(Cl)ccc2c(=O)n1CCn1ccnc1. The van der Waals surface area contributed by atoms with Crippen LogP contribution in [0.15, 0.2) is 46.5 Å². The molecule has 0 aliphatic heterocycles. The highest BCUT2D eigenvalue weighted by atomic mass is 35.5. The first-order chi connectivity index (χ1) is 9.65. The molecule has 1 aromatic carbocycles. The maximum Gasteiger partial charge on any atom is 0.328 e. The lowest BCUT2D eigenvalue weighted by molar-refractivity contribution is 0.547. The third-order valence-electron chi connectivity index (χ3n) is 3.08. The van der Waals surface area contributed by atoms with Crippen molar-refractivity contribution in [3.63, 3.8) is 0 Å². The first-order valence-electron chi connectivity index (χ1n) is 6.03. The molecule has 0 aliphatic rings. The summed E-state index contributed by atoms with van der Waals surface area (Å²) >= 11 is 5.85. The highest BCUT2D eigenvalue weighted by Gasteiger charge is 2.07. The van der Waals surface area contributed by atoms with Crippen LogP contribution in [0.5, 0.6) is 0 Å². The maximum absolute atomic E-state index is 12.3. The Morgan fingerprint density at radius 1 is 1.25 bits per heavy atom. The molecule has 0 aliphatic carbocycles. The van der Waals surface area contributed by atoms with Gasteiger partial charge in [-0.3, -0.25) is 9.36 Å². The first-order valence-corrected chi connectivity index (χ1v) is 6.41. The predicted octanol–water partition coefficient (Wildman–Crippen LogP) is 1.24. The lowest BCUT2D eigenvalue weighted by atomic mass is 10.2. The van der Waals surface area contributed by atoms with E-state index in [2.05, 4.69) is 9.97 Å². The zero-order valence-electron chi connectivity index (χ0n) is 10.4. The number of hydrogen-bond donors (Lipinski definition) is 1. The maximum atomic E-state index is 12.3. The molecule has 3 aromatic rings. The monoisotopic (exact) mass is 290 g/mol. The Bertz CT molecular complexity index is 864. The second kappa shape index (κ2) is 4.97. The molecule has 3 rings (SSSR count). The van der Waals surface area contributed by atoms with Crippen molar-refractivity contribution >= 4 is 22.5 Å². The van der Waals surface area contributed by atoms with Gasteiger partial charge in [-0.25, -0.2) is 9.78 Å². The molecule has 7 heteroatoms. The number of imidazole rings is 1. The molecule has 0 spiro atoms. The minimum atomic E-state index is -0.440. The molecule has 2 aromatic heterocycles. The van der Waals surface area contributed by atoms with E-state index in [9.17, 15) is 9.59 Å². The van der Waals surface area contributed by atoms with Crippen LogP contribution in [0.25, 0.3) is 10.9 Å². The molecule has 20 heavy (non-hydrogen) atoms. The van der Waals surface area contributed by atoms with Crippen LogP contribution in [0, 0.1) is 0 Å². The first kappa shape index (κ1) is 12.7. The lowest BCUT2D eigenvalue weighted by Gasteiger charge is -2.07. The van der Waals surface area contributed by atoms with E-state index in [-0.39, 0.29) is 12.1 Å². The Labute approximate surface area is 118 Å². The summed E-state index contributed by atoms with van der Waals surface area (Å²) in [5.74, 6) is 0. The van der Waals surface area contributed by atoms with Crippen LogP contribution >= 0.6 is 11.6 Å². The van der Waals surface area contributed by atoms with E-state index in [1.165, 1.54) is 4.57 Å². The predicted molar refractivity (Wildman–Crippen MR) is 76.1 cm³/mol. The fraction of sp³-hybridized carbons (Fsp3) is 0.154. The normalized spacial score (nSPS) is 11.1. The Morgan fingerprint density at radius 3 is 2.85 bits per heavy atom. The number of aromatic amines is 1. The van der Waals surface area contributed by atoms with Gasteiger partial charge in [0, 0.05) is 30.5 Å². The van der Waals surface area contributed by atoms with E-state index >= 15 is 0 Å². The van der Waals surface area contributed by atoms with E-state index in [0.29, 0.717) is 22.5 Å². The van der Waals surface area contributed by atoms with Gasteiger partial charge in [0.25, 0.3) is 5.56 Å². The minimum Gasteiger partial charge on any atom is -0.336 e. The molecule has 6 nitrogen and oxygen atoms in total. The van der Waals surface area contributed by atoms with Gasteiger partial charge in [-0.05, 0) is 18.2 Å². The van der Waals surface area contributed by atoms with Crippen LogP contribution < -0.4 is 11.2 Å². The third kappa shape index (κ3) is 2.25. The zero-order valence-corrected chi connectivity index (χ0v) is 11.2. The summed E-state index contributed by atoms with van der Waals surface area (Å²) in [7, 11) is 0. The lowest BCUT2D eigenvalue weighted by Crippen LogP contribution is -2.36. The van der Waals surface area contributed by atoms with E-state index in [4.69, 9.17) is 11.6 Å². The number of rotatable bonds is 3. The number of nitrogens with one attached hydrogen (secondary N) is 1. The Balaban J connectivity index is 2.05. The second-order valence-corrected chi connectivity index (χ2v) is 4.81. The van der Waals surface area contributed by atoms with Crippen molar-refractivity contribution < 1.29 is 0 Å². The van der Waals surface area contributed by atoms with Crippen molar-refractivity contribution in [2.75, 3.05) is 0 Å². The van der Waals surface area contributed by atoms with Gasteiger partial charge in [-0.15, -0.1) is 0 Å². The van der Waals surface area contributed by atoms with Crippen molar-refractivity contribution in [2.45, 2.75) is 13.1 Å². The van der Waals surface area contributed by atoms with Gasteiger partial charge >= 0.3 is 5.69 Å². The standard InChI is InChI=1S/C13H11ClN4O2/c14-9-1-2-10-11(7-9)16-13(20)18(12(10)19)6-5-17-4-3-15-8-17/h1-4,7-8H,5-6H2,(H,16,20). The summed E-state index contributed by atoms with van der Waals surface area (Å²) in [5.41, 5.74) is -0.309. The third-order valence-corrected chi connectivity index (χ3v) is 3.32. The fourth-order valence-corrected chi connectivity index (χ4v) is 2.24.